The molecule has 27 heavy (non-hydrogen) atoms. The van der Waals surface area contributed by atoms with Crippen molar-refractivity contribution in [2.24, 2.45) is 0 Å². The highest BCUT2D eigenvalue weighted by Gasteiger charge is 2.34. The highest BCUT2D eigenvalue weighted by Crippen LogP contribution is 2.25. The average molecular weight is 376 g/mol. The predicted molar refractivity (Wildman–Crippen MR) is 106 cm³/mol. The van der Waals surface area contributed by atoms with Gasteiger partial charge in [-0.25, -0.2) is 14.3 Å². The Hall–Kier alpha value is -2.06. The van der Waals surface area contributed by atoms with Crippen molar-refractivity contribution in [3.05, 3.63) is 18.3 Å². The third-order valence-corrected chi connectivity index (χ3v) is 3.51. The number of carbonyl (C=O) groups excluding carboxylic acids is 1. The summed E-state index contributed by atoms with van der Waals surface area (Å²) in [4.78, 5) is 17.3. The molecule has 0 aliphatic carbocycles. The SMILES string of the molecule is COc1nccc2cc(B(OC(C)C)OC(C)C)n(C(=O)OC(C)(C)C)c12. The molecule has 0 aliphatic heterocycles. The molecule has 148 valence electrons. The van der Waals surface area contributed by atoms with Crippen LogP contribution in [0.25, 0.3) is 10.9 Å². The van der Waals surface area contributed by atoms with E-state index in [1.165, 1.54) is 11.7 Å². The lowest BCUT2D eigenvalue weighted by atomic mass is 9.83. The zero-order valence-electron chi connectivity index (χ0n) is 17.4. The van der Waals surface area contributed by atoms with Crippen molar-refractivity contribution in [1.29, 1.82) is 0 Å². The summed E-state index contributed by atoms with van der Waals surface area (Å²) in [6.45, 7) is 13.1. The number of hydrogen-bond donors (Lipinski definition) is 0. The number of fused-ring (bicyclic) bond motifs is 1. The molecule has 0 amide bonds. The van der Waals surface area contributed by atoms with Gasteiger partial charge in [0.25, 0.3) is 0 Å². The van der Waals surface area contributed by atoms with E-state index in [2.05, 4.69) is 4.98 Å². The van der Waals surface area contributed by atoms with Gasteiger partial charge in [-0.05, 0) is 60.6 Å². The second-order valence-corrected chi connectivity index (χ2v) is 7.84. The van der Waals surface area contributed by atoms with Crippen LogP contribution in [-0.2, 0) is 14.0 Å². The maximum atomic E-state index is 13.0. The molecule has 2 heterocycles. The van der Waals surface area contributed by atoms with Gasteiger partial charge in [-0.2, -0.15) is 0 Å². The van der Waals surface area contributed by atoms with Crippen molar-refractivity contribution < 1.29 is 23.6 Å². The lowest BCUT2D eigenvalue weighted by Gasteiger charge is -2.24. The van der Waals surface area contributed by atoms with Gasteiger partial charge in [0.05, 0.1) is 12.7 Å². The number of rotatable bonds is 6. The van der Waals surface area contributed by atoms with E-state index >= 15 is 0 Å². The maximum Gasteiger partial charge on any atom is 0.512 e. The molecule has 0 bridgehead atoms. The molecule has 0 saturated heterocycles. The van der Waals surface area contributed by atoms with Crippen LogP contribution in [0.3, 0.4) is 0 Å². The first-order chi connectivity index (χ1) is 12.5. The van der Waals surface area contributed by atoms with E-state index in [1.54, 1.807) is 6.20 Å². The fraction of sp³-hybridized carbons (Fsp3) is 0.579. The van der Waals surface area contributed by atoms with Crippen molar-refractivity contribution in [3.63, 3.8) is 0 Å². The van der Waals surface area contributed by atoms with Gasteiger partial charge in [0, 0.05) is 23.8 Å². The number of methoxy groups -OCH3 is 1. The molecule has 0 saturated carbocycles. The number of hydrogen-bond acceptors (Lipinski definition) is 6. The summed E-state index contributed by atoms with van der Waals surface area (Å²) in [5, 5.41) is 0.785. The Balaban J connectivity index is 2.69. The second-order valence-electron chi connectivity index (χ2n) is 7.84. The van der Waals surface area contributed by atoms with Crippen LogP contribution in [0.2, 0.25) is 0 Å². The standard InChI is InChI=1S/C19H29BN2O5/c1-12(2)26-20(27-13(3)4)15-11-14-9-10-21-17(24-8)16(14)22(15)18(23)25-19(5,6)7/h9-13H,1-8H3. The van der Waals surface area contributed by atoms with E-state index in [0.29, 0.717) is 17.0 Å². The zero-order valence-corrected chi connectivity index (χ0v) is 17.4. The van der Waals surface area contributed by atoms with Gasteiger partial charge < -0.3 is 18.8 Å². The Bertz CT molecular complexity index is 785. The van der Waals surface area contributed by atoms with Crippen LogP contribution in [0.4, 0.5) is 4.79 Å². The molecule has 0 spiro atoms. The Morgan fingerprint density at radius 1 is 1.15 bits per heavy atom. The van der Waals surface area contributed by atoms with Crippen LogP contribution in [0.5, 0.6) is 5.88 Å². The summed E-state index contributed by atoms with van der Waals surface area (Å²) in [6.07, 6.45) is 0.896. The van der Waals surface area contributed by atoms with Crippen molar-refractivity contribution in [3.8, 4) is 5.88 Å². The zero-order chi connectivity index (χ0) is 20.4. The molecule has 0 fully saturated rings. The first-order valence-corrected chi connectivity index (χ1v) is 9.12. The third kappa shape index (κ3) is 5.23. The van der Waals surface area contributed by atoms with Crippen LogP contribution < -0.4 is 10.3 Å². The molecule has 0 atom stereocenters. The van der Waals surface area contributed by atoms with Gasteiger partial charge in [0.2, 0.25) is 5.88 Å². The Morgan fingerprint density at radius 3 is 2.22 bits per heavy atom. The summed E-state index contributed by atoms with van der Waals surface area (Å²) in [6, 6.07) is 3.66. The maximum absolute atomic E-state index is 13.0. The molecular weight excluding hydrogens is 347 g/mol. The average Bonchev–Trinajstić information content (AvgIpc) is 2.91. The van der Waals surface area contributed by atoms with E-state index in [1.807, 2.05) is 60.6 Å². The molecule has 7 nitrogen and oxygen atoms in total. The number of aromatic nitrogens is 2. The van der Waals surface area contributed by atoms with Gasteiger partial charge in [-0.3, -0.25) is 0 Å². The van der Waals surface area contributed by atoms with Gasteiger partial charge in [0.1, 0.15) is 11.1 Å². The highest BCUT2D eigenvalue weighted by molar-refractivity contribution is 6.61. The smallest absolute Gasteiger partial charge is 0.479 e. The van der Waals surface area contributed by atoms with E-state index in [-0.39, 0.29) is 12.2 Å². The highest BCUT2D eigenvalue weighted by atomic mass is 16.6. The summed E-state index contributed by atoms with van der Waals surface area (Å²) in [5.74, 6) is 0.331. The lowest BCUT2D eigenvalue weighted by molar-refractivity contribution is 0.0543. The fourth-order valence-corrected chi connectivity index (χ4v) is 2.64. The van der Waals surface area contributed by atoms with Crippen LogP contribution >= 0.6 is 0 Å². The van der Waals surface area contributed by atoms with Gasteiger partial charge >= 0.3 is 13.2 Å². The Morgan fingerprint density at radius 2 is 1.74 bits per heavy atom. The minimum absolute atomic E-state index is 0.0983. The molecule has 0 aromatic carbocycles. The molecular formula is C19H29BN2O5. The molecule has 0 radical (unpaired) electrons. The van der Waals surface area contributed by atoms with Crippen molar-refractivity contribution in [2.45, 2.75) is 66.3 Å². The van der Waals surface area contributed by atoms with E-state index in [9.17, 15) is 4.79 Å². The van der Waals surface area contributed by atoms with E-state index in [0.717, 1.165) is 5.39 Å². The predicted octanol–water partition coefficient (Wildman–Crippen LogP) is 3.37. The van der Waals surface area contributed by atoms with Crippen molar-refractivity contribution >= 4 is 29.7 Å². The normalized spacial score (nSPS) is 12.1. The number of carbonyl (C=O) groups is 1. The first-order valence-electron chi connectivity index (χ1n) is 9.12. The molecule has 2 aromatic rings. The molecule has 2 aromatic heterocycles. The first kappa shape index (κ1) is 21.2. The van der Waals surface area contributed by atoms with Crippen LogP contribution in [0.15, 0.2) is 18.3 Å². The summed E-state index contributed by atoms with van der Waals surface area (Å²) in [7, 11) is 0.773. The molecule has 2 rings (SSSR count). The number of pyridine rings is 1. The number of ether oxygens (including phenoxy) is 2. The molecule has 0 aliphatic rings. The lowest BCUT2D eigenvalue weighted by Crippen LogP contribution is -2.47. The van der Waals surface area contributed by atoms with Crippen molar-refractivity contribution in [2.75, 3.05) is 7.11 Å². The monoisotopic (exact) mass is 376 g/mol. The minimum atomic E-state index is -0.741. The van der Waals surface area contributed by atoms with E-state index in [4.69, 9.17) is 18.8 Å². The largest absolute Gasteiger partial charge is 0.512 e. The van der Waals surface area contributed by atoms with Gasteiger partial charge in [-0.1, -0.05) is 0 Å². The Kier molecular flexibility index (Phi) is 6.54. The topological polar surface area (TPSA) is 71.8 Å². The second kappa shape index (κ2) is 8.31. The van der Waals surface area contributed by atoms with E-state index < -0.39 is 18.8 Å². The fourth-order valence-electron chi connectivity index (χ4n) is 2.64. The van der Waals surface area contributed by atoms with Crippen LogP contribution in [0, 0.1) is 0 Å². The van der Waals surface area contributed by atoms with Gasteiger partial charge in [-0.15, -0.1) is 0 Å². The molecule has 8 heteroatoms. The third-order valence-electron chi connectivity index (χ3n) is 3.51. The number of nitrogens with zero attached hydrogens (tertiary/aromatic N) is 2. The molecule has 0 unspecified atom stereocenters. The Labute approximate surface area is 161 Å². The molecule has 0 N–H and O–H groups in total. The quantitative estimate of drug-likeness (QED) is 0.720. The van der Waals surface area contributed by atoms with Gasteiger partial charge in [0.15, 0.2) is 0 Å². The van der Waals surface area contributed by atoms with Crippen molar-refractivity contribution in [1.82, 2.24) is 9.55 Å². The summed E-state index contributed by atoms with van der Waals surface area (Å²) in [5.41, 5.74) is 0.398. The minimum Gasteiger partial charge on any atom is -0.479 e. The van der Waals surface area contributed by atoms with Crippen LogP contribution in [0.1, 0.15) is 48.5 Å². The van der Waals surface area contributed by atoms with Crippen LogP contribution in [-0.4, -0.2) is 47.7 Å². The summed E-state index contributed by atoms with van der Waals surface area (Å²) >= 11 is 0. The summed E-state index contributed by atoms with van der Waals surface area (Å²) < 4.78 is 24.4.